The van der Waals surface area contributed by atoms with Crippen LogP contribution in [0.1, 0.15) is 61.9 Å². The number of halogens is 1. The van der Waals surface area contributed by atoms with E-state index < -0.39 is 5.60 Å². The average molecular weight is 431 g/mol. The molecule has 1 aliphatic heterocycles. The molecule has 2 radical (unpaired) electrons. The van der Waals surface area contributed by atoms with E-state index in [1.807, 2.05) is 18.9 Å². The molecule has 5 fully saturated rings. The molecule has 4 aliphatic carbocycles. The van der Waals surface area contributed by atoms with Gasteiger partial charge in [0.15, 0.2) is 13.8 Å². The number of piperidine rings is 1. The average Bonchev–Trinajstić information content (AvgIpc) is 2.97. The first-order chi connectivity index (χ1) is 14.2. The number of carbonyl (C=O) groups excluding carboxylic acids is 1. The van der Waals surface area contributed by atoms with Crippen LogP contribution in [-0.4, -0.2) is 65.2 Å². The predicted octanol–water partition coefficient (Wildman–Crippen LogP) is 2.82. The minimum absolute atomic E-state index is 0.0523. The number of anilines is 1. The van der Waals surface area contributed by atoms with Crippen LogP contribution in [0.15, 0.2) is 0 Å². The quantitative estimate of drug-likeness (QED) is 0.575. The van der Waals surface area contributed by atoms with Gasteiger partial charge in [-0.25, -0.2) is 0 Å². The van der Waals surface area contributed by atoms with Crippen LogP contribution in [0, 0.1) is 23.7 Å². The Labute approximate surface area is 185 Å². The molecule has 1 aromatic heterocycles. The van der Waals surface area contributed by atoms with Gasteiger partial charge in [-0.05, 0) is 81.7 Å². The summed E-state index contributed by atoms with van der Waals surface area (Å²) in [6.45, 7) is 1.71. The maximum absolute atomic E-state index is 13.3. The van der Waals surface area contributed by atoms with Gasteiger partial charge in [0, 0.05) is 26.6 Å². The Morgan fingerprint density at radius 3 is 2.50 bits per heavy atom. The summed E-state index contributed by atoms with van der Waals surface area (Å²) in [5.41, 5.74) is -0.0574. The van der Waals surface area contributed by atoms with Crippen LogP contribution < -0.4 is 4.90 Å². The molecule has 4 saturated carbocycles. The van der Waals surface area contributed by atoms with Gasteiger partial charge in [0.25, 0.3) is 0 Å². The highest BCUT2D eigenvalue weighted by atomic mass is 35.5. The van der Waals surface area contributed by atoms with Crippen molar-refractivity contribution in [3.63, 3.8) is 0 Å². The van der Waals surface area contributed by atoms with E-state index in [4.69, 9.17) is 19.6 Å². The summed E-state index contributed by atoms with van der Waals surface area (Å²) < 4.78 is 1.75. The number of rotatable bonds is 5. The number of Topliss-reactive ketones (excluding diaryl/α,β-unsaturated/α-hetero) is 1. The number of aliphatic hydroxyl groups is 1. The predicted molar refractivity (Wildman–Crippen MR) is 118 cm³/mol. The number of hydrogen-bond acceptors (Lipinski definition) is 5. The number of aromatic nitrogens is 2. The third-order valence-electron chi connectivity index (χ3n) is 8.46. The second-order valence-electron chi connectivity index (χ2n) is 10.5. The number of aryl methyl sites for hydroxylation is 1. The molecule has 6 rings (SSSR count). The fourth-order valence-corrected chi connectivity index (χ4v) is 7.63. The van der Waals surface area contributed by atoms with Crippen LogP contribution in [0.2, 0.25) is 5.02 Å². The summed E-state index contributed by atoms with van der Waals surface area (Å²) in [6.07, 6.45) is 7.46. The second kappa shape index (κ2) is 7.52. The van der Waals surface area contributed by atoms with Gasteiger partial charge in [-0.1, -0.05) is 11.6 Å². The second-order valence-corrected chi connectivity index (χ2v) is 10.9. The third kappa shape index (κ3) is 3.51. The standard InChI is InChI=1S/C22H32BClN4O2/c1-26(16-3-5-28(23)6-4-16)21-19(24)20(25-27(21)2)18(29)9-17-14-7-13-8-15(17)12-22(30,10-13)11-14/h13-17,30H,3-12H2,1-2H3. The lowest BCUT2D eigenvalue weighted by Gasteiger charge is -2.58. The topological polar surface area (TPSA) is 61.6 Å². The van der Waals surface area contributed by atoms with E-state index >= 15 is 0 Å². The molecule has 0 amide bonds. The first-order valence-corrected chi connectivity index (χ1v) is 11.8. The Bertz CT molecular complexity index is 821. The normalized spacial score (nSPS) is 36.4. The van der Waals surface area contributed by atoms with Crippen molar-refractivity contribution in [3.05, 3.63) is 10.7 Å². The van der Waals surface area contributed by atoms with Gasteiger partial charge < -0.3 is 14.8 Å². The van der Waals surface area contributed by atoms with Crippen molar-refractivity contribution in [3.8, 4) is 0 Å². The SMILES string of the molecule is [B]N1CCC(N(C)c2c(Cl)c(C(=O)CC3C4CC5CC3CC(O)(C5)C4)nn2C)CC1. The van der Waals surface area contributed by atoms with Crippen molar-refractivity contribution < 1.29 is 9.90 Å². The van der Waals surface area contributed by atoms with E-state index in [9.17, 15) is 9.90 Å². The summed E-state index contributed by atoms with van der Waals surface area (Å²) in [7, 11) is 9.80. The van der Waals surface area contributed by atoms with Gasteiger partial charge in [0.2, 0.25) is 0 Å². The Morgan fingerprint density at radius 2 is 1.90 bits per heavy atom. The van der Waals surface area contributed by atoms with Crippen LogP contribution in [0.5, 0.6) is 0 Å². The molecule has 2 unspecified atom stereocenters. The molecule has 2 atom stereocenters. The molecule has 162 valence electrons. The zero-order valence-corrected chi connectivity index (χ0v) is 18.8. The molecule has 1 N–H and O–H groups in total. The van der Waals surface area contributed by atoms with Gasteiger partial charge in [0.1, 0.15) is 16.5 Å². The minimum atomic E-state index is -0.465. The fraction of sp³-hybridized carbons (Fsp3) is 0.818. The Morgan fingerprint density at radius 1 is 1.27 bits per heavy atom. The monoisotopic (exact) mass is 430 g/mol. The van der Waals surface area contributed by atoms with Gasteiger partial charge in [0.05, 0.1) is 5.60 Å². The van der Waals surface area contributed by atoms with Crippen LogP contribution in [0.25, 0.3) is 0 Å². The molecule has 8 heteroatoms. The van der Waals surface area contributed by atoms with Crippen molar-refractivity contribution in [1.29, 1.82) is 0 Å². The summed E-state index contributed by atoms with van der Waals surface area (Å²) in [5, 5.41) is 15.8. The van der Waals surface area contributed by atoms with Gasteiger partial charge in [-0.2, -0.15) is 5.10 Å². The minimum Gasteiger partial charge on any atom is -0.390 e. The van der Waals surface area contributed by atoms with Crippen LogP contribution in [0.4, 0.5) is 5.82 Å². The highest BCUT2D eigenvalue weighted by Gasteiger charge is 2.54. The fourth-order valence-electron chi connectivity index (χ4n) is 7.23. The zero-order chi connectivity index (χ0) is 21.2. The summed E-state index contributed by atoms with van der Waals surface area (Å²) in [5.74, 6) is 2.82. The first kappa shape index (κ1) is 20.8. The van der Waals surface area contributed by atoms with Crippen molar-refractivity contribution in [2.45, 2.75) is 63.0 Å². The highest BCUT2D eigenvalue weighted by molar-refractivity contribution is 6.36. The first-order valence-electron chi connectivity index (χ1n) is 11.4. The Hall–Kier alpha value is -1.05. The van der Waals surface area contributed by atoms with E-state index in [2.05, 4.69) is 10.00 Å². The zero-order valence-electron chi connectivity index (χ0n) is 18.1. The molecule has 6 nitrogen and oxygen atoms in total. The van der Waals surface area contributed by atoms with Crippen LogP contribution in [0.3, 0.4) is 0 Å². The molecule has 1 aromatic rings. The lowest BCUT2D eigenvalue weighted by atomic mass is 9.49. The third-order valence-corrected chi connectivity index (χ3v) is 8.81. The van der Waals surface area contributed by atoms with E-state index in [-0.39, 0.29) is 5.78 Å². The van der Waals surface area contributed by atoms with Crippen molar-refractivity contribution in [2.75, 3.05) is 25.0 Å². The van der Waals surface area contributed by atoms with Gasteiger partial charge >= 0.3 is 0 Å². The molecule has 5 aliphatic rings. The number of ketones is 1. The lowest BCUT2D eigenvalue weighted by molar-refractivity contribution is -0.151. The maximum atomic E-state index is 13.3. The van der Waals surface area contributed by atoms with Crippen LogP contribution in [-0.2, 0) is 7.05 Å². The van der Waals surface area contributed by atoms with E-state index in [0.29, 0.717) is 46.9 Å². The highest BCUT2D eigenvalue weighted by Crippen LogP contribution is 2.59. The number of hydrogen-bond donors (Lipinski definition) is 1. The summed E-state index contributed by atoms with van der Waals surface area (Å²) in [4.78, 5) is 17.3. The van der Waals surface area contributed by atoms with Crippen molar-refractivity contribution in [1.82, 2.24) is 14.6 Å². The molecular formula is C22H32BClN4O2. The molecular weight excluding hydrogens is 399 g/mol. The summed E-state index contributed by atoms with van der Waals surface area (Å²) >= 11 is 6.74. The summed E-state index contributed by atoms with van der Waals surface area (Å²) in [6, 6.07) is 0.339. The molecule has 30 heavy (non-hydrogen) atoms. The van der Waals surface area contributed by atoms with Crippen LogP contribution >= 0.6 is 11.6 Å². The maximum Gasteiger partial charge on any atom is 0.184 e. The Kier molecular flexibility index (Phi) is 5.23. The smallest absolute Gasteiger partial charge is 0.184 e. The molecule has 0 spiro atoms. The lowest BCUT2D eigenvalue weighted by Crippen LogP contribution is -2.54. The number of carbonyl (C=O) groups is 1. The van der Waals surface area contributed by atoms with E-state index in [1.54, 1.807) is 4.68 Å². The van der Waals surface area contributed by atoms with Gasteiger partial charge in [-0.15, -0.1) is 0 Å². The number of nitrogens with zero attached hydrogens (tertiary/aromatic N) is 4. The molecule has 4 bridgehead atoms. The van der Waals surface area contributed by atoms with Crippen molar-refractivity contribution >= 4 is 31.2 Å². The largest absolute Gasteiger partial charge is 0.390 e. The van der Waals surface area contributed by atoms with E-state index in [1.165, 1.54) is 12.8 Å². The van der Waals surface area contributed by atoms with E-state index in [0.717, 1.165) is 51.0 Å². The Balaban J connectivity index is 1.32. The van der Waals surface area contributed by atoms with Crippen molar-refractivity contribution in [2.24, 2.45) is 30.7 Å². The molecule has 0 aromatic carbocycles. The van der Waals surface area contributed by atoms with Gasteiger partial charge in [-0.3, -0.25) is 9.48 Å². The molecule has 2 heterocycles. The molecule has 1 saturated heterocycles.